The molecule has 0 bridgehead atoms. The number of hydrogen-bond donors (Lipinski definition) is 2. The maximum Gasteiger partial charge on any atom is 0.350 e. The number of thiophene rings is 1. The van der Waals surface area contributed by atoms with Gasteiger partial charge in [0.25, 0.3) is 0 Å². The number of aryl methyl sites for hydroxylation is 1. The molecular weight excluding hydrogens is 296 g/mol. The van der Waals surface area contributed by atoms with Crippen LogP contribution in [0.5, 0.6) is 5.75 Å². The van der Waals surface area contributed by atoms with E-state index >= 15 is 0 Å². The molecule has 0 aromatic carbocycles. The molecule has 0 spiro atoms. The molecule has 0 saturated heterocycles. The second kappa shape index (κ2) is 6.44. The van der Waals surface area contributed by atoms with Crippen LogP contribution in [0.25, 0.3) is 0 Å². The summed E-state index contributed by atoms with van der Waals surface area (Å²) in [6, 6.07) is 0. The first-order valence-electron chi connectivity index (χ1n) is 6.14. The van der Waals surface area contributed by atoms with Crippen molar-refractivity contribution in [1.29, 1.82) is 0 Å². The first kappa shape index (κ1) is 15.1. The molecule has 8 nitrogen and oxygen atoms in total. The molecule has 0 fully saturated rings. The van der Waals surface area contributed by atoms with Gasteiger partial charge >= 0.3 is 5.97 Å². The minimum atomic E-state index is -0.489. The molecule has 2 rings (SSSR count). The number of hydrogen-bond acceptors (Lipinski definition) is 9. The first-order chi connectivity index (χ1) is 10.1. The predicted octanol–water partition coefficient (Wildman–Crippen LogP) is 1.47. The molecule has 0 aliphatic heterocycles. The highest BCUT2D eigenvalue weighted by atomic mass is 32.1. The molecule has 9 heteroatoms. The lowest BCUT2D eigenvalue weighted by Crippen LogP contribution is -2.05. The number of nitrogens with one attached hydrogen (secondary N) is 1. The maximum absolute atomic E-state index is 11.6. The van der Waals surface area contributed by atoms with E-state index in [0.717, 1.165) is 0 Å². The van der Waals surface area contributed by atoms with Gasteiger partial charge in [-0.2, -0.15) is 4.98 Å². The fourth-order valence-corrected chi connectivity index (χ4v) is 2.75. The number of nitrogen functional groups attached to an aromatic ring is 1. The Labute approximate surface area is 125 Å². The maximum atomic E-state index is 11.6. The molecule has 0 aliphatic carbocycles. The summed E-state index contributed by atoms with van der Waals surface area (Å²) in [5.41, 5.74) is 6.15. The zero-order valence-electron chi connectivity index (χ0n) is 11.9. The fourth-order valence-electron chi connectivity index (χ4n) is 1.72. The Balaban J connectivity index is 2.07. The second-order valence-corrected chi connectivity index (χ2v) is 5.13. The molecule has 2 heterocycles. The lowest BCUT2D eigenvalue weighted by molar-refractivity contribution is 0.0607. The zero-order chi connectivity index (χ0) is 15.4. The van der Waals surface area contributed by atoms with E-state index in [0.29, 0.717) is 40.3 Å². The molecule has 2 aromatic heterocycles. The van der Waals surface area contributed by atoms with Crippen molar-refractivity contribution in [1.82, 2.24) is 10.1 Å². The highest BCUT2D eigenvalue weighted by Crippen LogP contribution is 2.42. The number of carbonyl (C=O) groups is 1. The van der Waals surface area contributed by atoms with Crippen LogP contribution in [0.4, 0.5) is 10.7 Å². The van der Waals surface area contributed by atoms with Crippen molar-refractivity contribution in [3.05, 3.63) is 16.6 Å². The van der Waals surface area contributed by atoms with E-state index in [2.05, 4.69) is 20.2 Å². The number of ether oxygens (including phenoxy) is 2. The Morgan fingerprint density at radius 2 is 2.24 bits per heavy atom. The van der Waals surface area contributed by atoms with Gasteiger partial charge in [-0.25, -0.2) is 4.79 Å². The molecule has 0 atom stereocenters. The topological polar surface area (TPSA) is 112 Å². The summed E-state index contributed by atoms with van der Waals surface area (Å²) in [4.78, 5) is 16.0. The van der Waals surface area contributed by atoms with Crippen LogP contribution in [-0.4, -0.2) is 36.9 Å². The third kappa shape index (κ3) is 3.24. The molecule has 0 unspecified atom stereocenters. The molecule has 0 aliphatic rings. The van der Waals surface area contributed by atoms with Crippen molar-refractivity contribution in [2.24, 2.45) is 0 Å². The van der Waals surface area contributed by atoms with Crippen molar-refractivity contribution >= 4 is 28.0 Å². The summed E-state index contributed by atoms with van der Waals surface area (Å²) < 4.78 is 14.9. The average molecular weight is 312 g/mol. The summed E-state index contributed by atoms with van der Waals surface area (Å²) in [7, 11) is 2.80. The van der Waals surface area contributed by atoms with Crippen molar-refractivity contribution in [2.45, 2.75) is 13.3 Å². The van der Waals surface area contributed by atoms with Crippen LogP contribution in [0.2, 0.25) is 0 Å². The van der Waals surface area contributed by atoms with Crippen LogP contribution < -0.4 is 15.8 Å². The molecule has 2 aromatic rings. The zero-order valence-corrected chi connectivity index (χ0v) is 12.7. The number of methoxy groups -OCH3 is 2. The third-order valence-corrected chi connectivity index (χ3v) is 3.79. The Morgan fingerprint density at radius 1 is 1.48 bits per heavy atom. The van der Waals surface area contributed by atoms with Crippen LogP contribution in [0.1, 0.15) is 21.4 Å². The average Bonchev–Trinajstić information content (AvgIpc) is 3.02. The monoisotopic (exact) mass is 312 g/mol. The van der Waals surface area contributed by atoms with Crippen LogP contribution in [-0.2, 0) is 11.2 Å². The van der Waals surface area contributed by atoms with E-state index in [9.17, 15) is 4.79 Å². The van der Waals surface area contributed by atoms with Crippen molar-refractivity contribution in [2.75, 3.05) is 31.8 Å². The Morgan fingerprint density at radius 3 is 2.81 bits per heavy atom. The summed E-state index contributed by atoms with van der Waals surface area (Å²) in [5.74, 6) is 1.08. The number of nitrogens with two attached hydrogens (primary N) is 1. The molecular formula is C12H16N4O4S. The highest BCUT2D eigenvalue weighted by molar-refractivity contribution is 7.19. The van der Waals surface area contributed by atoms with Gasteiger partial charge in [0.2, 0.25) is 5.89 Å². The highest BCUT2D eigenvalue weighted by Gasteiger charge is 2.22. The molecule has 0 saturated carbocycles. The Kier molecular flexibility index (Phi) is 4.63. The smallest absolute Gasteiger partial charge is 0.350 e. The van der Waals surface area contributed by atoms with Crippen molar-refractivity contribution in [3.8, 4) is 5.75 Å². The van der Waals surface area contributed by atoms with Crippen molar-refractivity contribution < 1.29 is 18.8 Å². The summed E-state index contributed by atoms with van der Waals surface area (Å²) in [6.07, 6.45) is 0.551. The van der Waals surface area contributed by atoms with Gasteiger partial charge in [-0.05, 0) is 6.92 Å². The fraction of sp³-hybridized carbons (Fsp3) is 0.417. The number of esters is 1. The van der Waals surface area contributed by atoms with Gasteiger partial charge in [0.15, 0.2) is 11.6 Å². The summed E-state index contributed by atoms with van der Waals surface area (Å²) >= 11 is 1.18. The van der Waals surface area contributed by atoms with Gasteiger partial charge in [-0.15, -0.1) is 11.3 Å². The summed E-state index contributed by atoms with van der Waals surface area (Å²) in [5, 5.41) is 7.51. The van der Waals surface area contributed by atoms with Gasteiger partial charge in [0.1, 0.15) is 15.6 Å². The third-order valence-electron chi connectivity index (χ3n) is 2.67. The number of anilines is 2. The number of nitrogens with zero attached hydrogens (tertiary/aromatic N) is 2. The van der Waals surface area contributed by atoms with Gasteiger partial charge in [-0.1, -0.05) is 5.16 Å². The Hall–Kier alpha value is -2.29. The largest absolute Gasteiger partial charge is 0.492 e. The SMILES string of the molecule is COC(=O)c1sc(NCCc2nc(C)no2)c(OC)c1N. The number of aromatic nitrogens is 2. The van der Waals surface area contributed by atoms with Crippen molar-refractivity contribution in [3.63, 3.8) is 0 Å². The van der Waals surface area contributed by atoms with E-state index in [-0.39, 0.29) is 5.69 Å². The molecule has 21 heavy (non-hydrogen) atoms. The normalized spacial score (nSPS) is 10.4. The van der Waals surface area contributed by atoms with E-state index in [4.69, 9.17) is 15.0 Å². The van der Waals surface area contributed by atoms with Crippen LogP contribution >= 0.6 is 11.3 Å². The van der Waals surface area contributed by atoms with Crippen LogP contribution in [0, 0.1) is 6.92 Å². The molecule has 0 amide bonds. The van der Waals surface area contributed by atoms with Gasteiger partial charge in [-0.3, -0.25) is 0 Å². The van der Waals surface area contributed by atoms with Gasteiger partial charge in [0, 0.05) is 13.0 Å². The summed E-state index contributed by atoms with van der Waals surface area (Å²) in [6.45, 7) is 2.30. The van der Waals surface area contributed by atoms with Crippen LogP contribution in [0.15, 0.2) is 4.52 Å². The van der Waals surface area contributed by atoms with Gasteiger partial charge < -0.3 is 25.0 Å². The van der Waals surface area contributed by atoms with E-state index in [1.165, 1.54) is 25.6 Å². The lowest BCUT2D eigenvalue weighted by Gasteiger charge is -2.05. The number of rotatable bonds is 6. The minimum Gasteiger partial charge on any atom is -0.492 e. The minimum absolute atomic E-state index is 0.269. The first-order valence-corrected chi connectivity index (χ1v) is 6.96. The quantitative estimate of drug-likeness (QED) is 0.771. The van der Waals surface area contributed by atoms with E-state index < -0.39 is 5.97 Å². The molecule has 114 valence electrons. The van der Waals surface area contributed by atoms with Gasteiger partial charge in [0.05, 0.1) is 14.2 Å². The molecule has 3 N–H and O–H groups in total. The van der Waals surface area contributed by atoms with E-state index in [1.807, 2.05) is 0 Å². The van der Waals surface area contributed by atoms with E-state index in [1.54, 1.807) is 6.92 Å². The molecule has 0 radical (unpaired) electrons. The Bertz CT molecular complexity index is 637. The standard InChI is InChI=1S/C12H16N4O4S/c1-6-15-7(20-16-6)4-5-14-11-9(18-2)8(13)10(21-11)12(17)19-3/h14H,4-5,13H2,1-3H3. The second-order valence-electron chi connectivity index (χ2n) is 4.11. The number of carbonyl (C=O) groups excluding carboxylic acids is 1. The van der Waals surface area contributed by atoms with Crippen LogP contribution in [0.3, 0.4) is 0 Å². The predicted molar refractivity (Wildman–Crippen MR) is 77.9 cm³/mol. The lowest BCUT2D eigenvalue weighted by atomic mass is 10.3.